The van der Waals surface area contributed by atoms with Crippen LogP contribution >= 0.6 is 11.3 Å². The second-order valence-corrected chi connectivity index (χ2v) is 4.89. The molecule has 0 saturated carbocycles. The lowest BCUT2D eigenvalue weighted by Gasteiger charge is -2.08. The number of hydrogen-bond acceptors (Lipinski definition) is 5. The molecule has 3 aromatic rings. The highest BCUT2D eigenvalue weighted by Crippen LogP contribution is 2.26. The van der Waals surface area contributed by atoms with Gasteiger partial charge in [0.1, 0.15) is 0 Å². The molecule has 0 aliphatic carbocycles. The molecule has 5 heteroatoms. The van der Waals surface area contributed by atoms with Crippen molar-refractivity contribution in [2.75, 3.05) is 16.8 Å². The van der Waals surface area contributed by atoms with E-state index in [4.69, 9.17) is 11.5 Å². The summed E-state index contributed by atoms with van der Waals surface area (Å²) in [6.45, 7) is 0. The van der Waals surface area contributed by atoms with Crippen LogP contribution in [-0.2, 0) is 0 Å². The quantitative estimate of drug-likeness (QED) is 0.615. The number of rotatable bonds is 2. The SMILES string of the molecule is Nc1ccc(Nc2ccc3ncsc3c2)cc1N. The molecule has 0 aliphatic heterocycles. The fourth-order valence-corrected chi connectivity index (χ4v) is 2.47. The van der Waals surface area contributed by atoms with Crippen LogP contribution in [-0.4, -0.2) is 4.98 Å². The van der Waals surface area contributed by atoms with E-state index >= 15 is 0 Å². The van der Waals surface area contributed by atoms with Gasteiger partial charge in [0.2, 0.25) is 0 Å². The van der Waals surface area contributed by atoms with E-state index in [1.54, 1.807) is 17.4 Å². The van der Waals surface area contributed by atoms with Crippen molar-refractivity contribution in [2.24, 2.45) is 0 Å². The molecule has 0 atom stereocenters. The standard InChI is InChI=1S/C13H12N4S/c14-10-3-1-8(5-11(10)15)17-9-2-4-12-13(6-9)18-7-16-12/h1-7,17H,14-15H2. The predicted octanol–water partition coefficient (Wildman–Crippen LogP) is 3.20. The van der Waals surface area contributed by atoms with Crippen molar-refractivity contribution in [1.29, 1.82) is 0 Å². The van der Waals surface area contributed by atoms with Gasteiger partial charge in [0.05, 0.1) is 27.1 Å². The summed E-state index contributed by atoms with van der Waals surface area (Å²) in [5.74, 6) is 0. The van der Waals surface area contributed by atoms with Gasteiger partial charge in [-0.25, -0.2) is 4.98 Å². The normalized spacial score (nSPS) is 10.7. The Labute approximate surface area is 108 Å². The Kier molecular flexibility index (Phi) is 2.53. The van der Waals surface area contributed by atoms with Crippen LogP contribution in [0.3, 0.4) is 0 Å². The predicted molar refractivity (Wildman–Crippen MR) is 78.2 cm³/mol. The summed E-state index contributed by atoms with van der Waals surface area (Å²) in [5, 5.41) is 3.30. The number of anilines is 4. The number of fused-ring (bicyclic) bond motifs is 1. The second-order valence-electron chi connectivity index (χ2n) is 4.00. The third kappa shape index (κ3) is 1.96. The maximum absolute atomic E-state index is 5.78. The number of thiazole rings is 1. The zero-order valence-corrected chi connectivity index (χ0v) is 10.4. The Hall–Kier alpha value is -2.27. The first-order valence-corrected chi connectivity index (χ1v) is 6.35. The molecule has 0 aliphatic rings. The number of nitrogens with zero attached hydrogens (tertiary/aromatic N) is 1. The number of benzene rings is 2. The van der Waals surface area contributed by atoms with Crippen LogP contribution in [0.15, 0.2) is 41.9 Å². The van der Waals surface area contributed by atoms with Gasteiger partial charge in [-0.3, -0.25) is 0 Å². The fraction of sp³-hybridized carbons (Fsp3) is 0. The zero-order valence-electron chi connectivity index (χ0n) is 9.55. The number of nitrogen functional groups attached to an aromatic ring is 2. The van der Waals surface area contributed by atoms with E-state index in [1.165, 1.54) is 0 Å². The molecule has 2 aromatic carbocycles. The summed E-state index contributed by atoms with van der Waals surface area (Å²) in [4.78, 5) is 4.25. The largest absolute Gasteiger partial charge is 0.397 e. The highest BCUT2D eigenvalue weighted by atomic mass is 32.1. The first-order chi connectivity index (χ1) is 8.72. The van der Waals surface area contributed by atoms with Crippen LogP contribution in [0.5, 0.6) is 0 Å². The van der Waals surface area contributed by atoms with Gasteiger partial charge in [0, 0.05) is 11.4 Å². The van der Waals surface area contributed by atoms with Gasteiger partial charge in [0.25, 0.3) is 0 Å². The molecule has 1 aromatic heterocycles. The van der Waals surface area contributed by atoms with Crippen molar-refractivity contribution in [3.05, 3.63) is 41.9 Å². The van der Waals surface area contributed by atoms with Crippen LogP contribution in [0.1, 0.15) is 0 Å². The Morgan fingerprint density at radius 3 is 2.56 bits per heavy atom. The van der Waals surface area contributed by atoms with Gasteiger partial charge in [-0.05, 0) is 36.4 Å². The number of hydrogen-bond donors (Lipinski definition) is 3. The van der Waals surface area contributed by atoms with Gasteiger partial charge < -0.3 is 16.8 Å². The van der Waals surface area contributed by atoms with Crippen molar-refractivity contribution in [2.45, 2.75) is 0 Å². The van der Waals surface area contributed by atoms with Crippen molar-refractivity contribution in [1.82, 2.24) is 4.98 Å². The van der Waals surface area contributed by atoms with Crippen molar-refractivity contribution < 1.29 is 0 Å². The van der Waals surface area contributed by atoms with E-state index in [2.05, 4.69) is 16.4 Å². The Morgan fingerprint density at radius 2 is 1.72 bits per heavy atom. The number of nitrogens with two attached hydrogens (primary N) is 2. The zero-order chi connectivity index (χ0) is 12.5. The number of nitrogens with one attached hydrogen (secondary N) is 1. The highest BCUT2D eigenvalue weighted by molar-refractivity contribution is 7.16. The lowest BCUT2D eigenvalue weighted by Crippen LogP contribution is -1.96. The van der Waals surface area contributed by atoms with Gasteiger partial charge in [-0.15, -0.1) is 11.3 Å². The average molecular weight is 256 g/mol. The lowest BCUT2D eigenvalue weighted by molar-refractivity contribution is 1.49. The molecule has 0 radical (unpaired) electrons. The molecule has 5 N–H and O–H groups in total. The molecule has 0 unspecified atom stereocenters. The minimum absolute atomic E-state index is 0.582. The average Bonchev–Trinajstić information content (AvgIpc) is 2.81. The summed E-state index contributed by atoms with van der Waals surface area (Å²) in [7, 11) is 0. The van der Waals surface area contributed by atoms with E-state index in [9.17, 15) is 0 Å². The van der Waals surface area contributed by atoms with Crippen LogP contribution < -0.4 is 16.8 Å². The van der Waals surface area contributed by atoms with E-state index in [0.29, 0.717) is 11.4 Å². The molecular weight excluding hydrogens is 244 g/mol. The second kappa shape index (κ2) is 4.19. The first-order valence-electron chi connectivity index (χ1n) is 5.48. The molecule has 0 amide bonds. The van der Waals surface area contributed by atoms with Gasteiger partial charge in [-0.1, -0.05) is 0 Å². The summed E-state index contributed by atoms with van der Waals surface area (Å²) in [5.41, 5.74) is 17.4. The maximum Gasteiger partial charge on any atom is 0.0813 e. The minimum Gasteiger partial charge on any atom is -0.397 e. The minimum atomic E-state index is 0.582. The Bertz CT molecular complexity index is 705. The van der Waals surface area contributed by atoms with Crippen molar-refractivity contribution in [3.63, 3.8) is 0 Å². The highest BCUT2D eigenvalue weighted by Gasteiger charge is 2.01. The smallest absolute Gasteiger partial charge is 0.0813 e. The monoisotopic (exact) mass is 256 g/mol. The topological polar surface area (TPSA) is 77.0 Å². The van der Waals surface area contributed by atoms with Gasteiger partial charge >= 0.3 is 0 Å². The molecule has 1 heterocycles. The summed E-state index contributed by atoms with van der Waals surface area (Å²) in [6, 6.07) is 11.6. The summed E-state index contributed by atoms with van der Waals surface area (Å²) >= 11 is 1.62. The van der Waals surface area contributed by atoms with Gasteiger partial charge in [0.15, 0.2) is 0 Å². The lowest BCUT2D eigenvalue weighted by atomic mass is 10.2. The van der Waals surface area contributed by atoms with Crippen molar-refractivity contribution >= 4 is 44.3 Å². The number of aromatic nitrogens is 1. The van der Waals surface area contributed by atoms with E-state index < -0.39 is 0 Å². The molecule has 0 bridgehead atoms. The van der Waals surface area contributed by atoms with Crippen molar-refractivity contribution in [3.8, 4) is 0 Å². The summed E-state index contributed by atoms with van der Waals surface area (Å²) in [6.07, 6.45) is 0. The molecule has 3 rings (SSSR count). The molecule has 0 spiro atoms. The molecule has 18 heavy (non-hydrogen) atoms. The van der Waals surface area contributed by atoms with E-state index in [1.807, 2.05) is 29.8 Å². The summed E-state index contributed by atoms with van der Waals surface area (Å²) < 4.78 is 1.16. The third-order valence-electron chi connectivity index (χ3n) is 2.71. The van der Waals surface area contributed by atoms with Crippen LogP contribution in [0, 0.1) is 0 Å². The van der Waals surface area contributed by atoms with Gasteiger partial charge in [-0.2, -0.15) is 0 Å². The van der Waals surface area contributed by atoms with Crippen LogP contribution in [0.4, 0.5) is 22.7 Å². The van der Waals surface area contributed by atoms with E-state index in [0.717, 1.165) is 21.6 Å². The molecule has 4 nitrogen and oxygen atoms in total. The maximum atomic E-state index is 5.78. The Balaban J connectivity index is 1.92. The molecule has 0 fully saturated rings. The van der Waals surface area contributed by atoms with Crippen LogP contribution in [0.2, 0.25) is 0 Å². The molecule has 0 saturated heterocycles. The Morgan fingerprint density at radius 1 is 0.944 bits per heavy atom. The fourth-order valence-electron chi connectivity index (χ4n) is 1.75. The van der Waals surface area contributed by atoms with Crippen LogP contribution in [0.25, 0.3) is 10.2 Å². The molecular formula is C13H12N4S. The first kappa shape index (κ1) is 10.9. The molecule has 90 valence electrons. The van der Waals surface area contributed by atoms with E-state index in [-0.39, 0.29) is 0 Å². The third-order valence-corrected chi connectivity index (χ3v) is 3.50.